The fraction of sp³-hybridized carbons (Fsp3) is 0.538. The van der Waals surface area contributed by atoms with E-state index in [1.165, 1.54) is 0 Å². The van der Waals surface area contributed by atoms with E-state index in [1.54, 1.807) is 25.1 Å². The molecule has 0 saturated heterocycles. The zero-order chi connectivity index (χ0) is 15.2. The van der Waals surface area contributed by atoms with Crippen LogP contribution in [0.15, 0.2) is 18.2 Å². The maximum Gasteiger partial charge on any atom is 0.315 e. The monoisotopic (exact) mass is 283 g/mol. The van der Waals surface area contributed by atoms with Crippen molar-refractivity contribution in [1.29, 1.82) is 0 Å². The number of benzene rings is 1. The van der Waals surface area contributed by atoms with E-state index in [2.05, 4.69) is 10.6 Å². The van der Waals surface area contributed by atoms with Crippen LogP contribution < -0.4 is 10.6 Å². The van der Waals surface area contributed by atoms with Crippen LogP contribution in [0.2, 0.25) is 0 Å². The molecule has 0 bridgehead atoms. The number of aliphatic hydroxyl groups excluding tert-OH is 2. The Hall–Kier alpha value is -1.86. The first kappa shape index (κ1) is 16.2. The van der Waals surface area contributed by atoms with Gasteiger partial charge >= 0.3 is 5.69 Å². The number of hydrogen-bond acceptors (Lipinski definition) is 6. The van der Waals surface area contributed by atoms with Crippen LogP contribution in [0.3, 0.4) is 0 Å². The van der Waals surface area contributed by atoms with Gasteiger partial charge in [-0.3, -0.25) is 10.1 Å². The summed E-state index contributed by atoms with van der Waals surface area (Å²) in [6.07, 6.45) is 0.433. The Labute approximate surface area is 117 Å². The maximum atomic E-state index is 11.3. The lowest BCUT2D eigenvalue weighted by Gasteiger charge is -2.30. The summed E-state index contributed by atoms with van der Waals surface area (Å²) in [5.41, 5.74) is -0.383. The normalized spacial score (nSPS) is 11.2. The van der Waals surface area contributed by atoms with E-state index in [9.17, 15) is 20.3 Å². The third kappa shape index (κ3) is 3.37. The van der Waals surface area contributed by atoms with E-state index in [1.807, 2.05) is 6.92 Å². The molecule has 1 aromatic rings. The molecule has 0 amide bonds. The minimum absolute atomic E-state index is 0.0888. The second-order valence-electron chi connectivity index (χ2n) is 4.56. The minimum Gasteiger partial charge on any atom is -0.394 e. The molecule has 0 saturated carbocycles. The number of nitro groups is 1. The molecule has 1 rings (SSSR count). The van der Waals surface area contributed by atoms with Gasteiger partial charge in [-0.05, 0) is 25.5 Å². The van der Waals surface area contributed by atoms with Crippen molar-refractivity contribution in [1.82, 2.24) is 0 Å². The van der Waals surface area contributed by atoms with Crippen LogP contribution in [0.25, 0.3) is 0 Å². The third-order valence-electron chi connectivity index (χ3n) is 3.27. The fourth-order valence-electron chi connectivity index (χ4n) is 1.90. The van der Waals surface area contributed by atoms with Crippen molar-refractivity contribution in [3.8, 4) is 0 Å². The summed E-state index contributed by atoms with van der Waals surface area (Å²) < 4.78 is 0. The number of para-hydroxylation sites is 1. The summed E-state index contributed by atoms with van der Waals surface area (Å²) in [5.74, 6) is 0. The number of nitrogens with one attached hydrogen (secondary N) is 2. The lowest BCUT2D eigenvalue weighted by Crippen LogP contribution is -2.45. The molecule has 0 fully saturated rings. The van der Waals surface area contributed by atoms with Crippen LogP contribution in [0.5, 0.6) is 0 Å². The summed E-state index contributed by atoms with van der Waals surface area (Å²) >= 11 is 0. The Morgan fingerprint density at radius 1 is 1.25 bits per heavy atom. The highest BCUT2D eigenvalue weighted by atomic mass is 16.6. The van der Waals surface area contributed by atoms with Crippen molar-refractivity contribution in [2.24, 2.45) is 0 Å². The van der Waals surface area contributed by atoms with Crippen molar-refractivity contribution in [2.75, 3.05) is 30.4 Å². The third-order valence-corrected chi connectivity index (χ3v) is 3.27. The zero-order valence-corrected chi connectivity index (χ0v) is 11.7. The van der Waals surface area contributed by atoms with E-state index in [0.717, 1.165) is 0 Å². The van der Waals surface area contributed by atoms with Crippen LogP contribution in [0.4, 0.5) is 17.1 Å². The van der Waals surface area contributed by atoms with Crippen LogP contribution in [-0.2, 0) is 0 Å². The van der Waals surface area contributed by atoms with Crippen molar-refractivity contribution in [3.05, 3.63) is 28.3 Å². The summed E-state index contributed by atoms with van der Waals surface area (Å²) in [5, 5.41) is 36.0. The van der Waals surface area contributed by atoms with Gasteiger partial charge < -0.3 is 20.8 Å². The molecule has 1 aromatic carbocycles. The lowest BCUT2D eigenvalue weighted by atomic mass is 9.97. The van der Waals surface area contributed by atoms with Crippen molar-refractivity contribution in [2.45, 2.75) is 25.8 Å². The Morgan fingerprint density at radius 2 is 1.85 bits per heavy atom. The summed E-state index contributed by atoms with van der Waals surface area (Å²) in [7, 11) is 0. The van der Waals surface area contributed by atoms with Gasteiger partial charge in [0.05, 0.1) is 23.7 Å². The number of rotatable bonds is 8. The van der Waals surface area contributed by atoms with Crippen LogP contribution in [0, 0.1) is 10.1 Å². The van der Waals surface area contributed by atoms with Gasteiger partial charge in [-0.1, -0.05) is 13.0 Å². The van der Waals surface area contributed by atoms with Gasteiger partial charge in [0.25, 0.3) is 0 Å². The van der Waals surface area contributed by atoms with Crippen molar-refractivity contribution < 1.29 is 15.1 Å². The van der Waals surface area contributed by atoms with Gasteiger partial charge in [-0.15, -0.1) is 0 Å². The second-order valence-corrected chi connectivity index (χ2v) is 4.56. The largest absolute Gasteiger partial charge is 0.394 e. The van der Waals surface area contributed by atoms with Gasteiger partial charge in [-0.2, -0.15) is 0 Å². The summed E-state index contributed by atoms with van der Waals surface area (Å²) in [6, 6.07) is 4.87. The van der Waals surface area contributed by atoms with E-state index in [4.69, 9.17) is 0 Å². The smallest absolute Gasteiger partial charge is 0.315 e. The topological polar surface area (TPSA) is 108 Å². The zero-order valence-electron chi connectivity index (χ0n) is 11.7. The average molecular weight is 283 g/mol. The highest BCUT2D eigenvalue weighted by Crippen LogP contribution is 2.34. The quantitative estimate of drug-likeness (QED) is 0.426. The molecular weight excluding hydrogens is 262 g/mol. The molecule has 0 atom stereocenters. The molecule has 0 aromatic heterocycles. The van der Waals surface area contributed by atoms with E-state index in [-0.39, 0.29) is 24.6 Å². The van der Waals surface area contributed by atoms with Crippen molar-refractivity contribution in [3.63, 3.8) is 0 Å². The van der Waals surface area contributed by atoms with Gasteiger partial charge in [0, 0.05) is 6.54 Å². The predicted molar refractivity (Wildman–Crippen MR) is 78.1 cm³/mol. The average Bonchev–Trinajstić information content (AvgIpc) is 2.45. The van der Waals surface area contributed by atoms with Gasteiger partial charge in [0.1, 0.15) is 11.4 Å². The highest BCUT2D eigenvalue weighted by molar-refractivity contribution is 5.76. The molecule has 7 heteroatoms. The molecule has 0 aliphatic carbocycles. The predicted octanol–water partition coefficient (Wildman–Crippen LogP) is 1.57. The molecule has 7 nitrogen and oxygen atoms in total. The van der Waals surface area contributed by atoms with Crippen LogP contribution >= 0.6 is 0 Å². The summed E-state index contributed by atoms with van der Waals surface area (Å²) in [6.45, 7) is 3.56. The first-order chi connectivity index (χ1) is 9.53. The van der Waals surface area contributed by atoms with E-state index in [0.29, 0.717) is 18.7 Å². The maximum absolute atomic E-state index is 11.3. The van der Waals surface area contributed by atoms with E-state index < -0.39 is 10.5 Å². The molecular formula is C13H21N3O4. The van der Waals surface area contributed by atoms with Gasteiger partial charge in [0.2, 0.25) is 0 Å². The molecule has 0 radical (unpaired) electrons. The Morgan fingerprint density at radius 3 is 2.30 bits per heavy atom. The SMILES string of the molecule is CCNc1cccc(NC(CC)(CO)CO)c1[N+](=O)[O-]. The van der Waals surface area contributed by atoms with Gasteiger partial charge in [-0.25, -0.2) is 0 Å². The molecule has 0 heterocycles. The molecule has 4 N–H and O–H groups in total. The number of aliphatic hydroxyl groups is 2. The molecule has 0 spiro atoms. The number of anilines is 2. The Balaban J connectivity index is 3.23. The summed E-state index contributed by atoms with van der Waals surface area (Å²) in [4.78, 5) is 10.8. The second kappa shape index (κ2) is 7.06. The fourth-order valence-corrected chi connectivity index (χ4v) is 1.90. The van der Waals surface area contributed by atoms with E-state index >= 15 is 0 Å². The van der Waals surface area contributed by atoms with Crippen molar-refractivity contribution >= 4 is 17.1 Å². The molecule has 0 aliphatic heterocycles. The standard InChI is InChI=1S/C13H21N3O4/c1-3-13(8-17,9-18)15-11-7-5-6-10(14-4-2)12(11)16(19)20/h5-7,14-15,17-18H,3-4,8-9H2,1-2H3. The molecule has 0 unspecified atom stereocenters. The number of nitro benzene ring substituents is 1. The number of hydrogen-bond donors (Lipinski definition) is 4. The minimum atomic E-state index is -0.977. The molecule has 20 heavy (non-hydrogen) atoms. The van der Waals surface area contributed by atoms with Gasteiger partial charge in [0.15, 0.2) is 0 Å². The molecule has 0 aliphatic rings. The molecule has 112 valence electrons. The Bertz CT molecular complexity index is 453. The van der Waals surface area contributed by atoms with Crippen LogP contribution in [0.1, 0.15) is 20.3 Å². The highest BCUT2D eigenvalue weighted by Gasteiger charge is 2.30. The number of nitrogens with zero attached hydrogens (tertiary/aromatic N) is 1. The van der Waals surface area contributed by atoms with Crippen LogP contribution in [-0.4, -0.2) is 40.4 Å². The first-order valence-electron chi connectivity index (χ1n) is 6.54. The first-order valence-corrected chi connectivity index (χ1v) is 6.54. The lowest BCUT2D eigenvalue weighted by molar-refractivity contribution is -0.383. The Kier molecular flexibility index (Phi) is 5.72.